The molecule has 0 bridgehead atoms. The van der Waals surface area contributed by atoms with E-state index in [4.69, 9.17) is 5.73 Å². The maximum atomic E-state index is 13.2. The van der Waals surface area contributed by atoms with Crippen LogP contribution in [0, 0.1) is 0 Å². The van der Waals surface area contributed by atoms with Crippen molar-refractivity contribution in [1.29, 1.82) is 0 Å². The molecule has 1 fully saturated rings. The van der Waals surface area contributed by atoms with Crippen molar-refractivity contribution < 1.29 is 4.39 Å². The van der Waals surface area contributed by atoms with Gasteiger partial charge in [0.05, 0.1) is 11.4 Å². The Morgan fingerprint density at radius 3 is 2.73 bits per heavy atom. The third-order valence-corrected chi connectivity index (χ3v) is 3.21. The first-order valence-corrected chi connectivity index (χ1v) is 5.76. The third-order valence-electron chi connectivity index (χ3n) is 2.72. The highest BCUT2D eigenvalue weighted by Gasteiger charge is 2.40. The Bertz CT molecular complexity index is 371. The SMILES string of the molecule is CC1(F)CC(Nc2ccc(Br)cc2N)C1. The van der Waals surface area contributed by atoms with Crippen LogP contribution in [0.1, 0.15) is 19.8 Å². The van der Waals surface area contributed by atoms with Gasteiger partial charge in [-0.05, 0) is 25.1 Å². The van der Waals surface area contributed by atoms with Crippen LogP contribution in [0.5, 0.6) is 0 Å². The van der Waals surface area contributed by atoms with E-state index in [9.17, 15) is 4.39 Å². The molecule has 3 N–H and O–H groups in total. The Balaban J connectivity index is 2.00. The summed E-state index contributed by atoms with van der Waals surface area (Å²) in [5.74, 6) is 0. The van der Waals surface area contributed by atoms with Crippen LogP contribution < -0.4 is 11.1 Å². The Morgan fingerprint density at radius 1 is 1.53 bits per heavy atom. The number of nitrogens with one attached hydrogen (secondary N) is 1. The fraction of sp³-hybridized carbons (Fsp3) is 0.455. The molecule has 0 saturated heterocycles. The zero-order valence-corrected chi connectivity index (χ0v) is 10.1. The summed E-state index contributed by atoms with van der Waals surface area (Å²) in [5, 5.41) is 3.24. The van der Waals surface area contributed by atoms with Crippen molar-refractivity contribution in [2.75, 3.05) is 11.1 Å². The van der Waals surface area contributed by atoms with Crippen molar-refractivity contribution in [3.05, 3.63) is 22.7 Å². The number of nitrogen functional groups attached to an aromatic ring is 1. The minimum Gasteiger partial charge on any atom is -0.397 e. The summed E-state index contributed by atoms with van der Waals surface area (Å²) >= 11 is 3.34. The van der Waals surface area contributed by atoms with Gasteiger partial charge in [0.25, 0.3) is 0 Å². The topological polar surface area (TPSA) is 38.0 Å². The van der Waals surface area contributed by atoms with E-state index in [0.717, 1.165) is 10.2 Å². The molecule has 1 aromatic rings. The van der Waals surface area contributed by atoms with Gasteiger partial charge >= 0.3 is 0 Å². The molecule has 0 heterocycles. The predicted molar refractivity (Wildman–Crippen MR) is 64.7 cm³/mol. The van der Waals surface area contributed by atoms with E-state index < -0.39 is 5.67 Å². The summed E-state index contributed by atoms with van der Waals surface area (Å²) in [5.41, 5.74) is 6.41. The van der Waals surface area contributed by atoms with Gasteiger partial charge in [-0.15, -0.1) is 0 Å². The van der Waals surface area contributed by atoms with E-state index in [1.165, 1.54) is 0 Å². The largest absolute Gasteiger partial charge is 0.397 e. The number of benzene rings is 1. The zero-order valence-electron chi connectivity index (χ0n) is 8.56. The highest BCUT2D eigenvalue weighted by molar-refractivity contribution is 9.10. The average Bonchev–Trinajstić information content (AvgIpc) is 2.06. The minimum absolute atomic E-state index is 0.212. The number of nitrogens with two attached hydrogens (primary N) is 1. The van der Waals surface area contributed by atoms with Crippen molar-refractivity contribution >= 4 is 27.3 Å². The van der Waals surface area contributed by atoms with Gasteiger partial charge in [0.15, 0.2) is 0 Å². The van der Waals surface area contributed by atoms with Crippen molar-refractivity contribution in [2.45, 2.75) is 31.5 Å². The third kappa shape index (κ3) is 2.43. The Hall–Kier alpha value is -0.770. The lowest BCUT2D eigenvalue weighted by Crippen LogP contribution is -2.45. The van der Waals surface area contributed by atoms with Gasteiger partial charge in [0, 0.05) is 23.4 Å². The predicted octanol–water partition coefficient (Wildman–Crippen LogP) is 3.33. The number of anilines is 2. The first-order chi connectivity index (χ1) is 6.96. The molecule has 0 amide bonds. The van der Waals surface area contributed by atoms with E-state index >= 15 is 0 Å². The van der Waals surface area contributed by atoms with Crippen molar-refractivity contribution in [3.8, 4) is 0 Å². The molecule has 4 heteroatoms. The van der Waals surface area contributed by atoms with Gasteiger partial charge in [-0.2, -0.15) is 0 Å². The Morgan fingerprint density at radius 2 is 2.20 bits per heavy atom. The summed E-state index contributed by atoms with van der Waals surface area (Å²) in [6, 6.07) is 5.89. The lowest BCUT2D eigenvalue weighted by atomic mass is 9.79. The molecule has 0 aromatic heterocycles. The summed E-state index contributed by atoms with van der Waals surface area (Å²) in [4.78, 5) is 0. The van der Waals surface area contributed by atoms with E-state index in [0.29, 0.717) is 18.5 Å². The molecule has 15 heavy (non-hydrogen) atoms. The van der Waals surface area contributed by atoms with E-state index in [1.807, 2.05) is 18.2 Å². The van der Waals surface area contributed by atoms with Crippen LogP contribution in [-0.2, 0) is 0 Å². The summed E-state index contributed by atoms with van der Waals surface area (Å²) < 4.78 is 14.2. The van der Waals surface area contributed by atoms with Gasteiger partial charge in [0.2, 0.25) is 0 Å². The number of hydrogen-bond donors (Lipinski definition) is 2. The second-order valence-corrected chi connectivity index (χ2v) is 5.31. The van der Waals surface area contributed by atoms with Crippen LogP contribution in [0.2, 0.25) is 0 Å². The van der Waals surface area contributed by atoms with Crippen LogP contribution in [0.15, 0.2) is 22.7 Å². The molecule has 1 aliphatic carbocycles. The van der Waals surface area contributed by atoms with E-state index in [1.54, 1.807) is 6.92 Å². The van der Waals surface area contributed by atoms with Crippen LogP contribution in [-0.4, -0.2) is 11.7 Å². The first-order valence-electron chi connectivity index (χ1n) is 4.97. The fourth-order valence-electron chi connectivity index (χ4n) is 1.95. The number of hydrogen-bond acceptors (Lipinski definition) is 2. The van der Waals surface area contributed by atoms with Crippen molar-refractivity contribution in [3.63, 3.8) is 0 Å². The van der Waals surface area contributed by atoms with Crippen LogP contribution in [0.3, 0.4) is 0 Å². The molecule has 0 spiro atoms. The molecule has 0 unspecified atom stereocenters. The number of halogens is 2. The molecule has 0 radical (unpaired) electrons. The normalized spacial score (nSPS) is 29.7. The molecule has 2 rings (SSSR count). The summed E-state index contributed by atoms with van der Waals surface area (Å²) in [7, 11) is 0. The average molecular weight is 273 g/mol. The molecule has 0 aliphatic heterocycles. The second-order valence-electron chi connectivity index (χ2n) is 4.39. The maximum absolute atomic E-state index is 13.2. The lowest BCUT2D eigenvalue weighted by molar-refractivity contribution is 0.0723. The van der Waals surface area contributed by atoms with Gasteiger partial charge in [-0.1, -0.05) is 15.9 Å². The monoisotopic (exact) mass is 272 g/mol. The van der Waals surface area contributed by atoms with E-state index in [-0.39, 0.29) is 6.04 Å². The van der Waals surface area contributed by atoms with Gasteiger partial charge < -0.3 is 11.1 Å². The Kier molecular flexibility index (Phi) is 2.63. The molecule has 0 atom stereocenters. The number of rotatable bonds is 2. The highest BCUT2D eigenvalue weighted by atomic mass is 79.9. The van der Waals surface area contributed by atoms with Gasteiger partial charge in [-0.3, -0.25) is 0 Å². The number of alkyl halides is 1. The quantitative estimate of drug-likeness (QED) is 0.811. The van der Waals surface area contributed by atoms with E-state index in [2.05, 4.69) is 21.2 Å². The van der Waals surface area contributed by atoms with Crippen LogP contribution in [0.4, 0.5) is 15.8 Å². The standard InChI is InChI=1S/C11H14BrFN2/c1-11(13)5-8(6-11)15-10-3-2-7(12)4-9(10)14/h2-4,8,15H,5-6,14H2,1H3. The lowest BCUT2D eigenvalue weighted by Gasteiger charge is -2.39. The Labute approximate surface area is 97.2 Å². The molecule has 1 aliphatic rings. The van der Waals surface area contributed by atoms with Crippen LogP contribution >= 0.6 is 15.9 Å². The molecule has 1 aromatic carbocycles. The van der Waals surface area contributed by atoms with Gasteiger partial charge in [-0.25, -0.2) is 4.39 Å². The smallest absolute Gasteiger partial charge is 0.112 e. The fourth-order valence-corrected chi connectivity index (χ4v) is 2.33. The summed E-state index contributed by atoms with van der Waals surface area (Å²) in [6.45, 7) is 1.64. The molecule has 1 saturated carbocycles. The first kappa shape index (κ1) is 10.7. The molecular weight excluding hydrogens is 259 g/mol. The summed E-state index contributed by atoms with van der Waals surface area (Å²) in [6.07, 6.45) is 1.12. The molecular formula is C11H14BrFN2. The van der Waals surface area contributed by atoms with Gasteiger partial charge in [0.1, 0.15) is 5.67 Å². The molecule has 82 valence electrons. The molecule has 2 nitrogen and oxygen atoms in total. The van der Waals surface area contributed by atoms with Crippen molar-refractivity contribution in [1.82, 2.24) is 0 Å². The van der Waals surface area contributed by atoms with Crippen molar-refractivity contribution in [2.24, 2.45) is 0 Å². The second kappa shape index (κ2) is 3.67. The van der Waals surface area contributed by atoms with Crippen LogP contribution in [0.25, 0.3) is 0 Å². The minimum atomic E-state index is -0.998. The highest BCUT2D eigenvalue weighted by Crippen LogP contribution is 2.38. The maximum Gasteiger partial charge on any atom is 0.112 e. The zero-order chi connectivity index (χ0) is 11.1.